The molecular weight excluding hydrogens is 480 g/mol. The summed E-state index contributed by atoms with van der Waals surface area (Å²) in [6.45, 7) is 5.72. The third kappa shape index (κ3) is 5.52. The van der Waals surface area contributed by atoms with Gasteiger partial charge in [-0.1, -0.05) is 23.7 Å². The van der Waals surface area contributed by atoms with E-state index in [0.29, 0.717) is 65.5 Å². The van der Waals surface area contributed by atoms with Gasteiger partial charge in [0.25, 0.3) is 5.91 Å². The number of para-hydroxylation sites is 1. The van der Waals surface area contributed by atoms with Crippen molar-refractivity contribution in [3.63, 3.8) is 0 Å². The molecular formula is C26H29ClN6O3. The number of likely N-dealkylation sites (N-methyl/N-ethyl adjacent to an activating group) is 1. The number of rotatable bonds is 8. The molecule has 36 heavy (non-hydrogen) atoms. The third-order valence-electron chi connectivity index (χ3n) is 6.00. The van der Waals surface area contributed by atoms with Crippen LogP contribution in [-0.4, -0.2) is 53.4 Å². The number of nitrogens with zero attached hydrogens (tertiary/aromatic N) is 3. The number of methoxy groups -OCH3 is 1. The maximum Gasteiger partial charge on any atom is 0.253 e. The predicted molar refractivity (Wildman–Crippen MR) is 141 cm³/mol. The Bertz CT molecular complexity index is 1280. The lowest BCUT2D eigenvalue weighted by Gasteiger charge is -2.17. The standard InChI is InChI=1S/C26H29ClN6O3/c1-4-28-25(35)18-8-6-7-9-20(18)30-24-19(27)15-29-26(32-24)31-21-12-16-10-11-33(5-2)23(34)14-17(16)13-22(21)36-3/h6-9,12-13,15H,4-5,10-11,14H2,1-3H3,(H,28,35)(H2,29,30,31,32). The summed E-state index contributed by atoms with van der Waals surface area (Å²) in [7, 11) is 1.58. The van der Waals surface area contributed by atoms with Crippen LogP contribution in [0.2, 0.25) is 5.02 Å². The minimum absolute atomic E-state index is 0.115. The number of fused-ring (bicyclic) bond motifs is 1. The molecule has 1 aromatic heterocycles. The van der Waals surface area contributed by atoms with Crippen LogP contribution in [0.4, 0.5) is 23.1 Å². The molecule has 4 rings (SSSR count). The molecule has 9 nitrogen and oxygen atoms in total. The van der Waals surface area contributed by atoms with Crippen LogP contribution in [0.1, 0.15) is 35.3 Å². The Hall–Kier alpha value is -3.85. The topological polar surface area (TPSA) is 108 Å². The third-order valence-corrected chi connectivity index (χ3v) is 6.28. The molecule has 0 unspecified atom stereocenters. The second-order valence-corrected chi connectivity index (χ2v) is 8.67. The van der Waals surface area contributed by atoms with Gasteiger partial charge in [-0.2, -0.15) is 4.98 Å². The molecule has 188 valence electrons. The average molecular weight is 509 g/mol. The molecule has 0 radical (unpaired) electrons. The molecule has 1 aliphatic rings. The van der Waals surface area contributed by atoms with Crippen LogP contribution < -0.4 is 20.7 Å². The molecule has 3 N–H and O–H groups in total. The summed E-state index contributed by atoms with van der Waals surface area (Å²) in [4.78, 5) is 35.7. The van der Waals surface area contributed by atoms with Gasteiger partial charge in [0.2, 0.25) is 11.9 Å². The van der Waals surface area contributed by atoms with Gasteiger partial charge >= 0.3 is 0 Å². The number of hydrogen-bond donors (Lipinski definition) is 3. The molecule has 2 heterocycles. The number of hydrogen-bond acceptors (Lipinski definition) is 7. The number of anilines is 4. The van der Waals surface area contributed by atoms with E-state index in [2.05, 4.69) is 25.9 Å². The smallest absolute Gasteiger partial charge is 0.253 e. The quantitative estimate of drug-likeness (QED) is 0.415. The van der Waals surface area contributed by atoms with Crippen molar-refractivity contribution in [2.24, 2.45) is 0 Å². The first-order valence-electron chi connectivity index (χ1n) is 11.8. The Kier molecular flexibility index (Phi) is 7.90. The van der Waals surface area contributed by atoms with Crippen molar-refractivity contribution in [2.75, 3.05) is 37.4 Å². The second-order valence-electron chi connectivity index (χ2n) is 8.27. The lowest BCUT2D eigenvalue weighted by Crippen LogP contribution is -2.31. The fraction of sp³-hybridized carbons (Fsp3) is 0.308. The van der Waals surface area contributed by atoms with Crippen LogP contribution in [0.25, 0.3) is 0 Å². The Morgan fingerprint density at radius 1 is 1.14 bits per heavy atom. The molecule has 0 spiro atoms. The highest BCUT2D eigenvalue weighted by molar-refractivity contribution is 6.33. The summed E-state index contributed by atoms with van der Waals surface area (Å²) in [5.41, 5.74) is 3.77. The molecule has 2 aromatic carbocycles. The van der Waals surface area contributed by atoms with E-state index in [-0.39, 0.29) is 11.8 Å². The van der Waals surface area contributed by atoms with Crippen LogP contribution in [0, 0.1) is 0 Å². The Morgan fingerprint density at radius 3 is 2.69 bits per heavy atom. The molecule has 1 aliphatic heterocycles. The summed E-state index contributed by atoms with van der Waals surface area (Å²) in [5.74, 6) is 1.16. The number of ether oxygens (including phenoxy) is 1. The summed E-state index contributed by atoms with van der Waals surface area (Å²) in [6.07, 6.45) is 2.58. The molecule has 0 atom stereocenters. The van der Waals surface area contributed by atoms with Crippen molar-refractivity contribution in [1.82, 2.24) is 20.2 Å². The van der Waals surface area contributed by atoms with Gasteiger partial charge < -0.3 is 25.6 Å². The van der Waals surface area contributed by atoms with Crippen molar-refractivity contribution < 1.29 is 14.3 Å². The first-order chi connectivity index (χ1) is 17.4. The van der Waals surface area contributed by atoms with E-state index in [4.69, 9.17) is 16.3 Å². The zero-order valence-electron chi connectivity index (χ0n) is 20.5. The van der Waals surface area contributed by atoms with Gasteiger partial charge in [0.05, 0.1) is 36.7 Å². The highest BCUT2D eigenvalue weighted by Gasteiger charge is 2.22. The maximum atomic E-state index is 12.5. The van der Waals surface area contributed by atoms with E-state index in [0.717, 1.165) is 17.5 Å². The zero-order valence-corrected chi connectivity index (χ0v) is 21.3. The van der Waals surface area contributed by atoms with Gasteiger partial charge in [-0.05, 0) is 55.7 Å². The summed E-state index contributed by atoms with van der Waals surface area (Å²) < 4.78 is 5.60. The normalized spacial score (nSPS) is 13.0. The van der Waals surface area contributed by atoms with E-state index in [1.54, 1.807) is 25.3 Å². The lowest BCUT2D eigenvalue weighted by molar-refractivity contribution is -0.130. The molecule has 0 aliphatic carbocycles. The van der Waals surface area contributed by atoms with Crippen molar-refractivity contribution in [3.05, 3.63) is 64.3 Å². The maximum absolute atomic E-state index is 12.5. The number of amides is 2. The highest BCUT2D eigenvalue weighted by atomic mass is 35.5. The fourth-order valence-electron chi connectivity index (χ4n) is 4.13. The van der Waals surface area contributed by atoms with Crippen LogP contribution >= 0.6 is 11.6 Å². The molecule has 0 saturated heterocycles. The van der Waals surface area contributed by atoms with Gasteiger partial charge in [-0.25, -0.2) is 4.98 Å². The molecule has 0 bridgehead atoms. The molecule has 3 aromatic rings. The monoisotopic (exact) mass is 508 g/mol. The largest absolute Gasteiger partial charge is 0.495 e. The summed E-state index contributed by atoms with van der Waals surface area (Å²) in [6, 6.07) is 11.0. The van der Waals surface area contributed by atoms with E-state index in [1.165, 1.54) is 6.20 Å². The number of halogens is 1. The average Bonchev–Trinajstić information content (AvgIpc) is 3.03. The van der Waals surface area contributed by atoms with Crippen molar-refractivity contribution in [2.45, 2.75) is 26.7 Å². The SMILES string of the molecule is CCNC(=O)c1ccccc1Nc1nc(Nc2cc3c(cc2OC)CC(=O)N(CC)CC3)ncc1Cl. The number of benzene rings is 2. The number of aromatic nitrogens is 2. The minimum atomic E-state index is -0.195. The first kappa shape index (κ1) is 25.2. The van der Waals surface area contributed by atoms with Gasteiger partial charge in [0.1, 0.15) is 10.8 Å². The van der Waals surface area contributed by atoms with E-state index in [1.807, 2.05) is 36.9 Å². The van der Waals surface area contributed by atoms with Crippen molar-refractivity contribution in [1.29, 1.82) is 0 Å². The summed E-state index contributed by atoms with van der Waals surface area (Å²) >= 11 is 6.38. The Balaban J connectivity index is 1.62. The molecule has 2 amide bonds. The van der Waals surface area contributed by atoms with Crippen LogP contribution in [0.15, 0.2) is 42.6 Å². The number of nitrogens with one attached hydrogen (secondary N) is 3. The lowest BCUT2D eigenvalue weighted by atomic mass is 10.0. The molecule has 0 saturated carbocycles. The first-order valence-corrected chi connectivity index (χ1v) is 12.2. The van der Waals surface area contributed by atoms with E-state index in [9.17, 15) is 9.59 Å². The predicted octanol–water partition coefficient (Wildman–Crippen LogP) is 4.32. The van der Waals surface area contributed by atoms with Gasteiger partial charge in [0.15, 0.2) is 5.82 Å². The van der Waals surface area contributed by atoms with Crippen LogP contribution in [0.3, 0.4) is 0 Å². The van der Waals surface area contributed by atoms with Gasteiger partial charge in [-0.3, -0.25) is 9.59 Å². The van der Waals surface area contributed by atoms with E-state index < -0.39 is 0 Å². The zero-order chi connectivity index (χ0) is 25.7. The molecule has 10 heteroatoms. The number of carbonyl (C=O) groups excluding carboxylic acids is 2. The highest BCUT2D eigenvalue weighted by Crippen LogP contribution is 2.33. The van der Waals surface area contributed by atoms with Gasteiger partial charge in [0, 0.05) is 19.6 Å². The van der Waals surface area contributed by atoms with E-state index >= 15 is 0 Å². The number of carbonyl (C=O) groups is 2. The summed E-state index contributed by atoms with van der Waals surface area (Å²) in [5, 5.41) is 9.48. The van der Waals surface area contributed by atoms with Gasteiger partial charge in [-0.15, -0.1) is 0 Å². The van der Waals surface area contributed by atoms with Crippen molar-refractivity contribution in [3.8, 4) is 5.75 Å². The minimum Gasteiger partial charge on any atom is -0.495 e. The fourth-order valence-corrected chi connectivity index (χ4v) is 4.27. The Labute approximate surface area is 215 Å². The van der Waals surface area contributed by atoms with Crippen molar-refractivity contribution >= 4 is 46.6 Å². The molecule has 0 fully saturated rings. The van der Waals surface area contributed by atoms with Crippen LogP contribution in [-0.2, 0) is 17.6 Å². The van der Waals surface area contributed by atoms with Crippen LogP contribution in [0.5, 0.6) is 5.75 Å². The second kappa shape index (κ2) is 11.3. The Morgan fingerprint density at radius 2 is 1.94 bits per heavy atom.